The number of carbonyl (C=O) groups excluding carboxylic acids is 2. The molecule has 4 aromatic rings. The third-order valence-corrected chi connectivity index (χ3v) is 8.72. The van der Waals surface area contributed by atoms with Gasteiger partial charge in [0, 0.05) is 42.9 Å². The molecule has 0 saturated carbocycles. The van der Waals surface area contributed by atoms with E-state index in [4.69, 9.17) is 16.6 Å². The minimum atomic E-state index is -0.0742. The molecular formula is C31H31BrClN5O2. The van der Waals surface area contributed by atoms with Gasteiger partial charge in [-0.05, 0) is 61.9 Å². The van der Waals surface area contributed by atoms with Crippen LogP contribution in [0.25, 0.3) is 16.7 Å². The first kappa shape index (κ1) is 27.0. The Hall–Kier alpha value is -3.20. The normalized spacial score (nSPS) is 18.3. The average molecular weight is 621 g/mol. The molecule has 6 rings (SSSR count). The van der Waals surface area contributed by atoms with E-state index in [9.17, 15) is 9.59 Å². The molecule has 1 atom stereocenters. The molecule has 2 fully saturated rings. The number of carbonyl (C=O) groups is 2. The van der Waals surface area contributed by atoms with Crippen LogP contribution in [0.1, 0.15) is 29.0 Å². The molecule has 0 spiro atoms. The topological polar surface area (TPSA) is 61.7 Å². The van der Waals surface area contributed by atoms with Crippen LogP contribution in [0, 0.1) is 5.92 Å². The lowest BCUT2D eigenvalue weighted by molar-refractivity contribution is -0.139. The molecule has 0 radical (unpaired) electrons. The van der Waals surface area contributed by atoms with Crippen molar-refractivity contribution in [1.29, 1.82) is 0 Å². The first-order valence-electron chi connectivity index (χ1n) is 13.7. The molecule has 2 aliphatic rings. The summed E-state index contributed by atoms with van der Waals surface area (Å²) in [5, 5.41) is 0.460. The number of benzene rings is 3. The summed E-state index contributed by atoms with van der Waals surface area (Å²) in [6.45, 7) is 4.44. The summed E-state index contributed by atoms with van der Waals surface area (Å²) in [5.41, 5.74) is 3.61. The number of rotatable bonds is 5. The van der Waals surface area contributed by atoms with Gasteiger partial charge in [0.2, 0.25) is 5.91 Å². The Morgan fingerprint density at radius 3 is 2.45 bits per heavy atom. The smallest absolute Gasteiger partial charge is 0.255 e. The van der Waals surface area contributed by atoms with Gasteiger partial charge in [0.05, 0.1) is 34.1 Å². The van der Waals surface area contributed by atoms with Crippen molar-refractivity contribution in [2.45, 2.75) is 19.4 Å². The van der Waals surface area contributed by atoms with Crippen LogP contribution < -0.4 is 0 Å². The van der Waals surface area contributed by atoms with Gasteiger partial charge in [0.1, 0.15) is 5.82 Å². The monoisotopic (exact) mass is 619 g/mol. The Labute approximate surface area is 247 Å². The molecular weight excluding hydrogens is 590 g/mol. The van der Waals surface area contributed by atoms with Gasteiger partial charge < -0.3 is 9.80 Å². The van der Waals surface area contributed by atoms with E-state index >= 15 is 0 Å². The molecule has 0 aliphatic carbocycles. The number of hydrogen-bond acceptors (Lipinski definition) is 4. The van der Waals surface area contributed by atoms with Crippen molar-refractivity contribution in [3.63, 3.8) is 0 Å². The third-order valence-electron chi connectivity index (χ3n) is 7.90. The number of piperidine rings is 1. The maximum Gasteiger partial charge on any atom is 0.255 e. The van der Waals surface area contributed by atoms with Crippen LogP contribution in [-0.2, 0) is 11.3 Å². The van der Waals surface area contributed by atoms with E-state index in [2.05, 4.69) is 43.6 Å². The summed E-state index contributed by atoms with van der Waals surface area (Å²) in [5.74, 6) is 1.03. The van der Waals surface area contributed by atoms with Crippen LogP contribution in [0.5, 0.6) is 0 Å². The van der Waals surface area contributed by atoms with Crippen molar-refractivity contribution in [3.05, 3.63) is 93.7 Å². The summed E-state index contributed by atoms with van der Waals surface area (Å²) in [6.07, 6.45) is 1.86. The van der Waals surface area contributed by atoms with E-state index in [1.807, 2.05) is 47.4 Å². The van der Waals surface area contributed by atoms with Gasteiger partial charge in [-0.2, -0.15) is 0 Å². The molecule has 0 N–H and O–H groups in total. The van der Waals surface area contributed by atoms with E-state index in [0.717, 1.165) is 46.4 Å². The summed E-state index contributed by atoms with van der Waals surface area (Å²) in [6, 6.07) is 23.6. The number of para-hydroxylation sites is 2. The fraction of sp³-hybridized carbons (Fsp3) is 0.323. The van der Waals surface area contributed by atoms with E-state index in [1.54, 1.807) is 17.0 Å². The van der Waals surface area contributed by atoms with Gasteiger partial charge in [-0.25, -0.2) is 4.98 Å². The fourth-order valence-corrected chi connectivity index (χ4v) is 6.48. The summed E-state index contributed by atoms with van der Waals surface area (Å²) in [7, 11) is 0. The molecule has 0 bridgehead atoms. The van der Waals surface area contributed by atoms with Crippen LogP contribution in [-0.4, -0.2) is 75.3 Å². The number of likely N-dealkylation sites (tertiary alicyclic amines) is 1. The first-order valence-corrected chi connectivity index (χ1v) is 14.9. The second-order valence-electron chi connectivity index (χ2n) is 10.5. The van der Waals surface area contributed by atoms with Gasteiger partial charge in [-0.3, -0.25) is 19.1 Å². The number of fused-ring (bicyclic) bond motifs is 1. The highest BCUT2D eigenvalue weighted by molar-refractivity contribution is 9.10. The largest absolute Gasteiger partial charge is 0.339 e. The quantitative estimate of drug-likeness (QED) is 0.290. The molecule has 2 amide bonds. The number of imidazole rings is 1. The molecule has 2 aliphatic heterocycles. The highest BCUT2D eigenvalue weighted by atomic mass is 79.9. The van der Waals surface area contributed by atoms with Crippen LogP contribution >= 0.6 is 27.5 Å². The number of aromatic nitrogens is 2. The Balaban J connectivity index is 1.12. The number of hydrogen-bond donors (Lipinski definition) is 0. The number of nitrogens with zero attached hydrogens (tertiary/aromatic N) is 5. The molecule has 9 heteroatoms. The predicted molar refractivity (Wildman–Crippen MR) is 161 cm³/mol. The van der Waals surface area contributed by atoms with Gasteiger partial charge in [-0.15, -0.1) is 0 Å². The molecule has 206 valence electrons. The van der Waals surface area contributed by atoms with Crippen molar-refractivity contribution < 1.29 is 9.59 Å². The Morgan fingerprint density at radius 1 is 0.900 bits per heavy atom. The second kappa shape index (κ2) is 11.7. The number of halogens is 2. The number of amides is 2. The molecule has 1 aromatic heterocycles. The Kier molecular flexibility index (Phi) is 7.91. The van der Waals surface area contributed by atoms with E-state index in [1.165, 1.54) is 0 Å². The van der Waals surface area contributed by atoms with E-state index in [-0.39, 0.29) is 17.7 Å². The van der Waals surface area contributed by atoms with Crippen LogP contribution in [0.4, 0.5) is 0 Å². The van der Waals surface area contributed by atoms with Gasteiger partial charge in [0.25, 0.3) is 5.91 Å². The molecule has 3 aromatic carbocycles. The van der Waals surface area contributed by atoms with Gasteiger partial charge >= 0.3 is 0 Å². The zero-order chi connectivity index (χ0) is 27.6. The zero-order valence-electron chi connectivity index (χ0n) is 22.2. The van der Waals surface area contributed by atoms with Crippen LogP contribution in [0.15, 0.2) is 77.3 Å². The van der Waals surface area contributed by atoms with Crippen molar-refractivity contribution >= 4 is 50.4 Å². The third kappa shape index (κ3) is 5.53. The lowest BCUT2D eigenvalue weighted by Crippen LogP contribution is -2.53. The standard InChI is InChI=1S/C31H31BrClN5O2/c32-23-8-5-9-24(19-23)38-28-13-4-3-12-27(28)34-29(38)21-35-14-6-7-22(20-35)30(39)36-15-17-37(18-16-36)31(40)25-10-1-2-11-26(25)33/h1-5,8-13,19,22H,6-7,14-18,20-21H2/t22-/m0/s1. The maximum atomic E-state index is 13.6. The molecule has 7 nitrogen and oxygen atoms in total. The maximum absolute atomic E-state index is 13.6. The second-order valence-corrected chi connectivity index (χ2v) is 11.8. The minimum absolute atomic E-state index is 0.0525. The molecule has 2 saturated heterocycles. The average Bonchev–Trinajstić information content (AvgIpc) is 3.34. The predicted octanol–water partition coefficient (Wildman–Crippen LogP) is 5.64. The van der Waals surface area contributed by atoms with E-state index in [0.29, 0.717) is 49.9 Å². The fourth-order valence-electron chi connectivity index (χ4n) is 5.88. The van der Waals surface area contributed by atoms with Crippen molar-refractivity contribution in [2.24, 2.45) is 5.92 Å². The zero-order valence-corrected chi connectivity index (χ0v) is 24.5. The van der Waals surface area contributed by atoms with Crippen LogP contribution in [0.3, 0.4) is 0 Å². The van der Waals surface area contributed by atoms with Crippen molar-refractivity contribution in [1.82, 2.24) is 24.3 Å². The highest BCUT2D eigenvalue weighted by Crippen LogP contribution is 2.27. The molecule has 3 heterocycles. The molecule has 40 heavy (non-hydrogen) atoms. The van der Waals surface area contributed by atoms with Gasteiger partial charge in [0.15, 0.2) is 0 Å². The van der Waals surface area contributed by atoms with Crippen molar-refractivity contribution in [2.75, 3.05) is 39.3 Å². The first-order chi connectivity index (χ1) is 19.5. The summed E-state index contributed by atoms with van der Waals surface area (Å²) < 4.78 is 3.24. The summed E-state index contributed by atoms with van der Waals surface area (Å²) in [4.78, 5) is 37.6. The summed E-state index contributed by atoms with van der Waals surface area (Å²) >= 11 is 9.85. The highest BCUT2D eigenvalue weighted by Gasteiger charge is 2.33. The van der Waals surface area contributed by atoms with Crippen molar-refractivity contribution in [3.8, 4) is 5.69 Å². The number of piperazine rings is 1. The lowest BCUT2D eigenvalue weighted by Gasteiger charge is -2.39. The minimum Gasteiger partial charge on any atom is -0.339 e. The Bertz CT molecular complexity index is 1550. The SMILES string of the molecule is O=C(c1ccccc1Cl)N1CCN(C(=O)[C@H]2CCCN(Cc3nc4ccccc4n3-c3cccc(Br)c3)C2)CC1. The van der Waals surface area contributed by atoms with Gasteiger partial charge in [-0.1, -0.05) is 57.9 Å². The van der Waals surface area contributed by atoms with E-state index < -0.39 is 0 Å². The van der Waals surface area contributed by atoms with Crippen LogP contribution in [0.2, 0.25) is 5.02 Å². The Morgan fingerprint density at radius 2 is 1.65 bits per heavy atom. The lowest BCUT2D eigenvalue weighted by atomic mass is 9.96. The molecule has 0 unspecified atom stereocenters.